The lowest BCUT2D eigenvalue weighted by Gasteiger charge is -2.14. The maximum absolute atomic E-state index is 3.48. The fourth-order valence-corrected chi connectivity index (χ4v) is 2.30. The zero-order valence-corrected chi connectivity index (χ0v) is 15.3. The Hall–Kier alpha value is -0.0400. The van der Waals surface area contributed by atoms with Crippen LogP contribution in [0.15, 0.2) is 0 Å². The first kappa shape index (κ1) is 19.0. The van der Waals surface area contributed by atoms with E-state index in [0.717, 1.165) is 23.9 Å². The average molecular weight is 296 g/mol. The Bertz CT molecular complexity index is 209. The Morgan fingerprint density at radius 2 is 1.14 bits per heavy atom. The van der Waals surface area contributed by atoms with E-state index in [0.29, 0.717) is 0 Å². The predicted molar refractivity (Wildman–Crippen MR) is 95.8 cm³/mol. The Balaban J connectivity index is 0.000000152. The molecule has 1 heteroatoms. The molecule has 0 aromatic heterocycles. The first-order valence-corrected chi connectivity index (χ1v) is 10.0. The summed E-state index contributed by atoms with van der Waals surface area (Å²) in [6.07, 6.45) is 17.6. The van der Waals surface area contributed by atoms with Crippen molar-refractivity contribution in [1.82, 2.24) is 5.32 Å². The van der Waals surface area contributed by atoms with E-state index in [4.69, 9.17) is 0 Å². The highest BCUT2D eigenvalue weighted by Crippen LogP contribution is 2.41. The molecule has 4 saturated carbocycles. The van der Waals surface area contributed by atoms with Crippen LogP contribution >= 0.6 is 0 Å². The van der Waals surface area contributed by atoms with Gasteiger partial charge in [-0.3, -0.25) is 0 Å². The van der Waals surface area contributed by atoms with Crippen molar-refractivity contribution in [2.24, 2.45) is 11.8 Å². The van der Waals surface area contributed by atoms with Gasteiger partial charge in [0.15, 0.2) is 0 Å². The van der Waals surface area contributed by atoms with Crippen molar-refractivity contribution in [2.75, 3.05) is 0 Å². The summed E-state index contributed by atoms with van der Waals surface area (Å²) >= 11 is 0. The molecule has 1 N–H and O–H groups in total. The summed E-state index contributed by atoms with van der Waals surface area (Å²) in [7, 11) is 0. The highest BCUT2D eigenvalue weighted by molar-refractivity contribution is 5.09. The minimum Gasteiger partial charge on any atom is -0.308 e. The van der Waals surface area contributed by atoms with Crippen molar-refractivity contribution in [3.63, 3.8) is 0 Å². The molecular weight excluding hydrogens is 254 g/mol. The van der Waals surface area contributed by atoms with Gasteiger partial charge in [0.1, 0.15) is 0 Å². The third-order valence-electron chi connectivity index (χ3n) is 4.18. The number of rotatable bonds is 1. The Labute approximate surface area is 134 Å². The number of nitrogens with one attached hydrogen (secondary N) is 1. The van der Waals surface area contributed by atoms with Gasteiger partial charge in [-0.15, -0.1) is 0 Å². The lowest BCUT2D eigenvalue weighted by atomic mass is 9.94. The first-order chi connectivity index (χ1) is 10.2. The molecule has 1 saturated heterocycles. The summed E-state index contributed by atoms with van der Waals surface area (Å²) < 4.78 is 0. The summed E-state index contributed by atoms with van der Waals surface area (Å²) in [5.41, 5.74) is 0. The van der Waals surface area contributed by atoms with Crippen LogP contribution < -0.4 is 5.32 Å². The van der Waals surface area contributed by atoms with Gasteiger partial charge >= 0.3 is 0 Å². The van der Waals surface area contributed by atoms with E-state index in [1.807, 2.05) is 0 Å². The Kier molecular flexibility index (Phi) is 10.4. The van der Waals surface area contributed by atoms with E-state index < -0.39 is 0 Å². The van der Waals surface area contributed by atoms with Crippen molar-refractivity contribution < 1.29 is 0 Å². The molecule has 0 spiro atoms. The minimum atomic E-state index is 0.912. The van der Waals surface area contributed by atoms with Crippen molar-refractivity contribution in [2.45, 2.75) is 117 Å². The predicted octanol–water partition coefficient (Wildman–Crippen LogP) is 6.32. The molecular formula is C20H41N. The molecule has 0 bridgehead atoms. The highest BCUT2D eigenvalue weighted by Gasteiger charge is 2.49. The molecule has 1 heterocycles. The van der Waals surface area contributed by atoms with Gasteiger partial charge in [-0.25, -0.2) is 0 Å². The van der Waals surface area contributed by atoms with Crippen molar-refractivity contribution in [3.05, 3.63) is 0 Å². The third kappa shape index (κ3) is 12.2. The molecule has 5 aliphatic rings. The van der Waals surface area contributed by atoms with Crippen LogP contribution in [0.2, 0.25) is 0 Å². The zero-order valence-electron chi connectivity index (χ0n) is 15.3. The molecule has 0 aromatic carbocycles. The molecule has 0 amide bonds. The molecule has 4 aliphatic carbocycles. The van der Waals surface area contributed by atoms with Crippen LogP contribution in [0.25, 0.3) is 0 Å². The topological polar surface area (TPSA) is 21.9 Å². The number of piperidine rings is 1. The van der Waals surface area contributed by atoms with Crippen LogP contribution in [0.4, 0.5) is 0 Å². The molecule has 0 aromatic rings. The molecule has 126 valence electrons. The van der Waals surface area contributed by atoms with Gasteiger partial charge in [0.05, 0.1) is 0 Å². The summed E-state index contributed by atoms with van der Waals surface area (Å²) in [5, 5.41) is 3.48. The second kappa shape index (κ2) is 11.5. The maximum Gasteiger partial charge on any atom is 0.0252 e. The van der Waals surface area contributed by atoms with E-state index in [1.54, 1.807) is 0 Å². The second-order valence-electron chi connectivity index (χ2n) is 7.45. The van der Waals surface area contributed by atoms with Crippen LogP contribution in [0, 0.1) is 11.8 Å². The molecule has 1 nitrogen and oxygen atoms in total. The lowest BCUT2D eigenvalue weighted by molar-refractivity contribution is 0.367. The Morgan fingerprint density at radius 3 is 1.29 bits per heavy atom. The monoisotopic (exact) mass is 295 g/mol. The van der Waals surface area contributed by atoms with Gasteiger partial charge in [-0.05, 0) is 18.3 Å². The van der Waals surface area contributed by atoms with Crippen LogP contribution in [0.5, 0.6) is 0 Å². The van der Waals surface area contributed by atoms with Gasteiger partial charge in [0.2, 0.25) is 0 Å². The molecule has 5 rings (SSSR count). The SMILES string of the molecule is C1CC1.C1CC1.C1CC1.CCC.CCC1CC2NC2C1C. The Morgan fingerprint density at radius 1 is 0.762 bits per heavy atom. The van der Waals surface area contributed by atoms with E-state index >= 15 is 0 Å². The lowest BCUT2D eigenvalue weighted by Crippen LogP contribution is -2.14. The third-order valence-corrected chi connectivity index (χ3v) is 4.18. The van der Waals surface area contributed by atoms with Crippen molar-refractivity contribution in [1.29, 1.82) is 0 Å². The van der Waals surface area contributed by atoms with Gasteiger partial charge in [-0.2, -0.15) is 0 Å². The number of hydrogen-bond donors (Lipinski definition) is 1. The van der Waals surface area contributed by atoms with Gasteiger partial charge < -0.3 is 5.32 Å². The first-order valence-electron chi connectivity index (χ1n) is 10.0. The molecule has 4 unspecified atom stereocenters. The number of hydrogen-bond acceptors (Lipinski definition) is 1. The summed E-state index contributed by atoms with van der Waals surface area (Å²) in [4.78, 5) is 0. The fraction of sp³-hybridized carbons (Fsp3) is 1.00. The van der Waals surface area contributed by atoms with Crippen molar-refractivity contribution >= 4 is 0 Å². The molecule has 5 fully saturated rings. The van der Waals surface area contributed by atoms with Gasteiger partial charge in [-0.1, -0.05) is 98.3 Å². The van der Waals surface area contributed by atoms with Gasteiger partial charge in [0.25, 0.3) is 0 Å². The average Bonchev–Trinajstić information content (AvgIpc) is 3.29. The molecule has 0 radical (unpaired) electrons. The second-order valence-corrected chi connectivity index (χ2v) is 7.45. The van der Waals surface area contributed by atoms with E-state index in [-0.39, 0.29) is 0 Å². The van der Waals surface area contributed by atoms with Crippen molar-refractivity contribution in [3.8, 4) is 0 Å². The largest absolute Gasteiger partial charge is 0.308 e. The van der Waals surface area contributed by atoms with E-state index in [9.17, 15) is 0 Å². The standard InChI is InChI=1S/C8H15N.3C3H6.C3H8/c1-3-6-4-7-8(9-7)5(6)2;3*1-2-3-1;1-3-2/h5-9H,3-4H2,1-2H3;3*1-3H2;3H2,1-2H3. The van der Waals surface area contributed by atoms with Crippen LogP contribution in [-0.2, 0) is 0 Å². The maximum atomic E-state index is 3.48. The smallest absolute Gasteiger partial charge is 0.0252 e. The van der Waals surface area contributed by atoms with Gasteiger partial charge in [0, 0.05) is 12.1 Å². The van der Waals surface area contributed by atoms with Crippen LogP contribution in [-0.4, -0.2) is 12.1 Å². The fourth-order valence-electron chi connectivity index (χ4n) is 2.30. The summed E-state index contributed by atoms with van der Waals surface area (Å²) in [6, 6.07) is 1.83. The normalized spacial score (nSPS) is 34.9. The quantitative estimate of drug-likeness (QED) is 0.562. The minimum absolute atomic E-state index is 0.912. The summed E-state index contributed by atoms with van der Waals surface area (Å²) in [5.74, 6) is 1.99. The number of fused-ring (bicyclic) bond motifs is 1. The zero-order chi connectivity index (χ0) is 15.5. The summed E-state index contributed by atoms with van der Waals surface area (Å²) in [6.45, 7) is 8.95. The van der Waals surface area contributed by atoms with E-state index in [2.05, 4.69) is 33.0 Å². The molecule has 1 aliphatic heterocycles. The van der Waals surface area contributed by atoms with Crippen LogP contribution in [0.3, 0.4) is 0 Å². The van der Waals surface area contributed by atoms with E-state index in [1.165, 1.54) is 77.0 Å². The molecule has 21 heavy (non-hydrogen) atoms. The van der Waals surface area contributed by atoms with Crippen LogP contribution in [0.1, 0.15) is 105 Å². The molecule has 4 atom stereocenters. The highest BCUT2D eigenvalue weighted by atomic mass is 15.2.